The molecule has 0 saturated heterocycles. The van der Waals surface area contributed by atoms with Crippen LogP contribution in [0.15, 0.2) is 78.9 Å². The van der Waals surface area contributed by atoms with Gasteiger partial charge in [-0.15, -0.1) is 10.2 Å². The van der Waals surface area contributed by atoms with Gasteiger partial charge < -0.3 is 10.6 Å². The second kappa shape index (κ2) is 8.75. The Balaban J connectivity index is 1.42. The summed E-state index contributed by atoms with van der Waals surface area (Å²) in [7, 11) is 0. The summed E-state index contributed by atoms with van der Waals surface area (Å²) < 4.78 is 13.4. The van der Waals surface area contributed by atoms with Gasteiger partial charge in [0.15, 0.2) is 5.82 Å². The summed E-state index contributed by atoms with van der Waals surface area (Å²) in [6, 6.07) is 22.8. The summed E-state index contributed by atoms with van der Waals surface area (Å²) in [6.07, 6.45) is 0. The highest BCUT2D eigenvalue weighted by molar-refractivity contribution is 6.04. The van der Waals surface area contributed by atoms with E-state index >= 15 is 0 Å². The summed E-state index contributed by atoms with van der Waals surface area (Å²) >= 11 is 0. The van der Waals surface area contributed by atoms with Gasteiger partial charge in [0.1, 0.15) is 5.82 Å². The first kappa shape index (κ1) is 20.2. The number of halogens is 1. The molecule has 4 aromatic rings. The van der Waals surface area contributed by atoms with Gasteiger partial charge in [-0.3, -0.25) is 4.79 Å². The van der Waals surface area contributed by atoms with Crippen molar-refractivity contribution in [1.29, 1.82) is 0 Å². The van der Waals surface area contributed by atoms with Crippen molar-refractivity contribution in [1.82, 2.24) is 10.2 Å². The fourth-order valence-electron chi connectivity index (χ4n) is 3.20. The minimum absolute atomic E-state index is 0.169. The highest BCUT2D eigenvalue weighted by Gasteiger charge is 2.08. The van der Waals surface area contributed by atoms with Crippen LogP contribution in [0, 0.1) is 19.7 Å². The van der Waals surface area contributed by atoms with Crippen molar-refractivity contribution in [3.8, 4) is 11.3 Å². The number of aryl methyl sites for hydroxylation is 2. The van der Waals surface area contributed by atoms with E-state index in [2.05, 4.69) is 20.8 Å². The van der Waals surface area contributed by atoms with E-state index in [9.17, 15) is 9.18 Å². The molecule has 0 unspecified atom stereocenters. The monoisotopic (exact) mass is 412 g/mol. The number of hydrogen-bond acceptors (Lipinski definition) is 4. The molecule has 0 aliphatic rings. The largest absolute Gasteiger partial charge is 0.339 e. The van der Waals surface area contributed by atoms with E-state index in [4.69, 9.17) is 0 Å². The fraction of sp³-hybridized carbons (Fsp3) is 0.0800. The molecule has 0 bridgehead atoms. The lowest BCUT2D eigenvalue weighted by atomic mass is 10.1. The maximum absolute atomic E-state index is 13.4. The molecule has 2 N–H and O–H groups in total. The second-order valence-corrected chi connectivity index (χ2v) is 7.29. The number of rotatable bonds is 5. The lowest BCUT2D eigenvalue weighted by Gasteiger charge is -2.10. The highest BCUT2D eigenvalue weighted by Crippen LogP contribution is 2.21. The molecule has 0 saturated carbocycles. The van der Waals surface area contributed by atoms with Gasteiger partial charge in [-0.1, -0.05) is 29.8 Å². The van der Waals surface area contributed by atoms with Crippen LogP contribution in [0.5, 0.6) is 0 Å². The number of carbonyl (C=O) groups is 1. The summed E-state index contributed by atoms with van der Waals surface area (Å²) in [5.74, 6) is 0.0635. The zero-order chi connectivity index (χ0) is 21.8. The molecule has 4 rings (SSSR count). The van der Waals surface area contributed by atoms with E-state index in [0.29, 0.717) is 22.6 Å². The van der Waals surface area contributed by atoms with Crippen molar-refractivity contribution < 1.29 is 9.18 Å². The smallest absolute Gasteiger partial charge is 0.255 e. The van der Waals surface area contributed by atoms with Crippen LogP contribution < -0.4 is 10.6 Å². The van der Waals surface area contributed by atoms with Crippen LogP contribution in [0.25, 0.3) is 11.3 Å². The van der Waals surface area contributed by atoms with Crippen molar-refractivity contribution >= 4 is 23.1 Å². The third kappa shape index (κ3) is 4.93. The molecule has 0 fully saturated rings. The maximum atomic E-state index is 13.4. The Labute approximate surface area is 180 Å². The normalized spacial score (nSPS) is 10.5. The van der Waals surface area contributed by atoms with Gasteiger partial charge in [0.2, 0.25) is 0 Å². The predicted octanol–water partition coefficient (Wildman–Crippen LogP) is 5.90. The summed E-state index contributed by atoms with van der Waals surface area (Å²) in [5, 5.41) is 14.4. The molecule has 5 nitrogen and oxygen atoms in total. The van der Waals surface area contributed by atoms with Crippen molar-refractivity contribution in [2.45, 2.75) is 13.8 Å². The Morgan fingerprint density at radius 3 is 2.35 bits per heavy atom. The van der Waals surface area contributed by atoms with Crippen LogP contribution in [0.3, 0.4) is 0 Å². The Morgan fingerprint density at radius 1 is 0.871 bits per heavy atom. The van der Waals surface area contributed by atoms with Gasteiger partial charge >= 0.3 is 0 Å². The summed E-state index contributed by atoms with van der Waals surface area (Å²) in [4.78, 5) is 12.5. The Kier molecular flexibility index (Phi) is 5.71. The molecule has 0 atom stereocenters. The average molecular weight is 412 g/mol. The third-order valence-electron chi connectivity index (χ3n) is 4.83. The number of nitrogens with zero attached hydrogens (tertiary/aromatic N) is 2. The molecule has 0 radical (unpaired) electrons. The second-order valence-electron chi connectivity index (χ2n) is 7.29. The maximum Gasteiger partial charge on any atom is 0.255 e. The van der Waals surface area contributed by atoms with Crippen LogP contribution in [0.4, 0.5) is 21.6 Å². The van der Waals surface area contributed by atoms with Gasteiger partial charge in [0.25, 0.3) is 5.91 Å². The van der Waals surface area contributed by atoms with Crippen LogP contribution in [-0.4, -0.2) is 16.1 Å². The Bertz CT molecular complexity index is 1220. The SMILES string of the molecule is Cc1ccc(NC(=O)c2ccc(Nc3ccc(-c4cccc(F)c4)nn3)cc2)c(C)c1. The van der Waals surface area contributed by atoms with E-state index in [1.165, 1.54) is 12.1 Å². The van der Waals surface area contributed by atoms with Gasteiger partial charge in [-0.05, 0) is 74.0 Å². The van der Waals surface area contributed by atoms with Crippen molar-refractivity contribution in [3.05, 3.63) is 101 Å². The lowest BCUT2D eigenvalue weighted by Crippen LogP contribution is -2.12. The fourth-order valence-corrected chi connectivity index (χ4v) is 3.20. The van der Waals surface area contributed by atoms with Crippen molar-refractivity contribution in [2.24, 2.45) is 0 Å². The molecular weight excluding hydrogens is 391 g/mol. The third-order valence-corrected chi connectivity index (χ3v) is 4.83. The van der Waals surface area contributed by atoms with Gasteiger partial charge in [0.05, 0.1) is 5.69 Å². The van der Waals surface area contributed by atoms with Crippen molar-refractivity contribution in [3.63, 3.8) is 0 Å². The zero-order valence-corrected chi connectivity index (χ0v) is 17.2. The van der Waals surface area contributed by atoms with Gasteiger partial charge in [0, 0.05) is 22.5 Å². The molecule has 3 aromatic carbocycles. The number of hydrogen-bond donors (Lipinski definition) is 2. The van der Waals surface area contributed by atoms with E-state index in [1.54, 1.807) is 48.5 Å². The molecule has 1 amide bonds. The minimum atomic E-state index is -0.317. The van der Waals surface area contributed by atoms with Crippen LogP contribution in [-0.2, 0) is 0 Å². The molecule has 0 spiro atoms. The Morgan fingerprint density at radius 2 is 1.68 bits per heavy atom. The van der Waals surface area contributed by atoms with Crippen molar-refractivity contribution in [2.75, 3.05) is 10.6 Å². The number of anilines is 3. The van der Waals surface area contributed by atoms with E-state index in [1.807, 2.05) is 32.0 Å². The quantitative estimate of drug-likeness (QED) is 0.429. The van der Waals surface area contributed by atoms with E-state index < -0.39 is 0 Å². The highest BCUT2D eigenvalue weighted by atomic mass is 19.1. The first-order valence-electron chi connectivity index (χ1n) is 9.83. The number of aromatic nitrogens is 2. The lowest BCUT2D eigenvalue weighted by molar-refractivity contribution is 0.102. The van der Waals surface area contributed by atoms with E-state index in [-0.39, 0.29) is 11.7 Å². The average Bonchev–Trinajstić information content (AvgIpc) is 2.77. The predicted molar refractivity (Wildman–Crippen MR) is 121 cm³/mol. The number of nitrogens with one attached hydrogen (secondary N) is 2. The molecular formula is C25H21FN4O. The molecule has 6 heteroatoms. The number of benzene rings is 3. The molecule has 1 aromatic heterocycles. The van der Waals surface area contributed by atoms with Crippen LogP contribution in [0.1, 0.15) is 21.5 Å². The summed E-state index contributed by atoms with van der Waals surface area (Å²) in [6.45, 7) is 3.99. The van der Waals surface area contributed by atoms with Crippen LogP contribution in [0.2, 0.25) is 0 Å². The van der Waals surface area contributed by atoms with Gasteiger partial charge in [-0.25, -0.2) is 4.39 Å². The molecule has 31 heavy (non-hydrogen) atoms. The molecule has 0 aliphatic heterocycles. The standard InChI is InChI=1S/C25H21FN4O/c1-16-6-11-22(17(2)14-16)28-25(31)18-7-9-21(10-8-18)27-24-13-12-23(29-30-24)19-4-3-5-20(26)15-19/h3-15H,1-2H3,(H,27,30)(H,28,31). The topological polar surface area (TPSA) is 66.9 Å². The first-order chi connectivity index (χ1) is 15.0. The minimum Gasteiger partial charge on any atom is -0.339 e. The Hall–Kier alpha value is -4.06. The molecule has 0 aliphatic carbocycles. The first-order valence-corrected chi connectivity index (χ1v) is 9.83. The zero-order valence-electron chi connectivity index (χ0n) is 17.2. The number of amides is 1. The summed E-state index contributed by atoms with van der Waals surface area (Å²) in [5.41, 5.74) is 5.55. The molecule has 154 valence electrons. The van der Waals surface area contributed by atoms with Crippen LogP contribution >= 0.6 is 0 Å². The molecule has 1 heterocycles. The van der Waals surface area contributed by atoms with Gasteiger partial charge in [-0.2, -0.15) is 0 Å². The number of carbonyl (C=O) groups excluding carboxylic acids is 1. The van der Waals surface area contributed by atoms with E-state index in [0.717, 1.165) is 22.5 Å².